The molecule has 4 heteroatoms. The Kier molecular flexibility index (Phi) is 5.05. The maximum absolute atomic E-state index is 13.0. The van der Waals surface area contributed by atoms with Gasteiger partial charge in [0.15, 0.2) is 0 Å². The number of nitrogens with zero attached hydrogens (tertiary/aromatic N) is 1. The van der Waals surface area contributed by atoms with E-state index in [0.717, 1.165) is 24.5 Å². The molecule has 0 spiro atoms. The number of rotatable bonds is 6. The van der Waals surface area contributed by atoms with Crippen LogP contribution in [0.25, 0.3) is 0 Å². The predicted octanol–water partition coefficient (Wildman–Crippen LogP) is 3.53. The number of benzene rings is 1. The maximum atomic E-state index is 13.0. The van der Waals surface area contributed by atoms with Crippen LogP contribution in [-0.2, 0) is 6.42 Å². The molecular weight excluding hydrogens is 259 g/mol. The van der Waals surface area contributed by atoms with Crippen LogP contribution < -0.4 is 5.32 Å². The number of halogens is 1. The monoisotopic (exact) mass is 278 g/mol. The van der Waals surface area contributed by atoms with Gasteiger partial charge in [-0.05, 0) is 37.6 Å². The molecule has 0 saturated heterocycles. The van der Waals surface area contributed by atoms with Gasteiger partial charge in [0.05, 0.1) is 5.01 Å². The summed E-state index contributed by atoms with van der Waals surface area (Å²) in [7, 11) is 0. The van der Waals surface area contributed by atoms with Gasteiger partial charge in [0, 0.05) is 23.5 Å². The summed E-state index contributed by atoms with van der Waals surface area (Å²) in [4.78, 5) is 5.58. The third-order valence-corrected chi connectivity index (χ3v) is 4.03. The molecule has 1 heterocycles. The van der Waals surface area contributed by atoms with Crippen LogP contribution in [0.5, 0.6) is 0 Å². The highest BCUT2D eigenvalue weighted by Crippen LogP contribution is 2.24. The van der Waals surface area contributed by atoms with Crippen LogP contribution in [0.2, 0.25) is 0 Å². The summed E-state index contributed by atoms with van der Waals surface area (Å²) in [5.41, 5.74) is 1.17. The fraction of sp³-hybridized carbons (Fsp3) is 0.400. The first-order valence-electron chi connectivity index (χ1n) is 6.56. The van der Waals surface area contributed by atoms with Crippen molar-refractivity contribution in [2.75, 3.05) is 13.1 Å². The highest BCUT2D eigenvalue weighted by atomic mass is 32.1. The molecule has 19 heavy (non-hydrogen) atoms. The van der Waals surface area contributed by atoms with E-state index in [0.29, 0.717) is 5.92 Å². The van der Waals surface area contributed by atoms with Crippen molar-refractivity contribution in [1.29, 1.82) is 0 Å². The van der Waals surface area contributed by atoms with Crippen LogP contribution in [0.3, 0.4) is 0 Å². The molecule has 0 amide bonds. The summed E-state index contributed by atoms with van der Waals surface area (Å²) < 4.78 is 13.0. The van der Waals surface area contributed by atoms with Gasteiger partial charge in [0.25, 0.3) is 0 Å². The maximum Gasteiger partial charge on any atom is 0.123 e. The van der Waals surface area contributed by atoms with Crippen LogP contribution in [-0.4, -0.2) is 18.1 Å². The Morgan fingerprint density at radius 2 is 2.05 bits per heavy atom. The van der Waals surface area contributed by atoms with Gasteiger partial charge in [0.2, 0.25) is 0 Å². The molecule has 1 aromatic heterocycles. The Morgan fingerprint density at radius 3 is 2.63 bits per heavy atom. The first-order chi connectivity index (χ1) is 9.19. The van der Waals surface area contributed by atoms with Crippen molar-refractivity contribution in [1.82, 2.24) is 10.3 Å². The van der Waals surface area contributed by atoms with Gasteiger partial charge in [-0.15, -0.1) is 11.3 Å². The molecule has 0 bridgehead atoms. The molecule has 1 aromatic carbocycles. The summed E-state index contributed by atoms with van der Waals surface area (Å²) in [6.07, 6.45) is 2.90. The van der Waals surface area contributed by atoms with Gasteiger partial charge in [0.1, 0.15) is 5.82 Å². The minimum Gasteiger partial charge on any atom is -0.316 e. The van der Waals surface area contributed by atoms with Crippen LogP contribution in [0.15, 0.2) is 30.5 Å². The van der Waals surface area contributed by atoms with Crippen LogP contribution in [0.4, 0.5) is 4.39 Å². The molecule has 0 aliphatic heterocycles. The number of aromatic nitrogens is 1. The van der Waals surface area contributed by atoms with E-state index in [1.165, 1.54) is 22.6 Å². The zero-order valence-corrected chi connectivity index (χ0v) is 12.1. The van der Waals surface area contributed by atoms with Crippen molar-refractivity contribution in [3.05, 3.63) is 51.7 Å². The van der Waals surface area contributed by atoms with Gasteiger partial charge in [-0.25, -0.2) is 9.37 Å². The van der Waals surface area contributed by atoms with Crippen LogP contribution >= 0.6 is 11.3 Å². The Morgan fingerprint density at radius 1 is 1.32 bits per heavy atom. The lowest BCUT2D eigenvalue weighted by Crippen LogP contribution is -2.22. The summed E-state index contributed by atoms with van der Waals surface area (Å²) >= 11 is 1.73. The SMILES string of the molecule is CCNCC(Cc1cnc(C)s1)c1ccc(F)cc1. The first-order valence-corrected chi connectivity index (χ1v) is 7.38. The molecule has 1 unspecified atom stereocenters. The fourth-order valence-electron chi connectivity index (χ4n) is 2.10. The van der Waals surface area contributed by atoms with Crippen LogP contribution in [0.1, 0.15) is 28.3 Å². The lowest BCUT2D eigenvalue weighted by atomic mass is 9.95. The topological polar surface area (TPSA) is 24.9 Å². The first kappa shape index (κ1) is 14.2. The number of likely N-dealkylation sites (N-methyl/N-ethyl adjacent to an activating group) is 1. The molecule has 0 saturated carbocycles. The zero-order valence-electron chi connectivity index (χ0n) is 11.3. The minimum absolute atomic E-state index is 0.181. The van der Waals surface area contributed by atoms with Gasteiger partial charge in [-0.1, -0.05) is 19.1 Å². The molecule has 1 N–H and O–H groups in total. The quantitative estimate of drug-likeness (QED) is 0.874. The molecule has 0 fully saturated rings. The van der Waals surface area contributed by atoms with E-state index < -0.39 is 0 Å². The molecule has 0 aliphatic carbocycles. The highest BCUT2D eigenvalue weighted by Gasteiger charge is 2.13. The molecule has 1 atom stereocenters. The van der Waals surface area contributed by atoms with E-state index >= 15 is 0 Å². The van der Waals surface area contributed by atoms with Crippen molar-refractivity contribution in [3.8, 4) is 0 Å². The molecule has 0 aliphatic rings. The second kappa shape index (κ2) is 6.78. The van der Waals surface area contributed by atoms with Crippen LogP contribution in [0, 0.1) is 12.7 Å². The van der Waals surface area contributed by atoms with Gasteiger partial charge < -0.3 is 5.32 Å². The lowest BCUT2D eigenvalue weighted by Gasteiger charge is -2.17. The van der Waals surface area contributed by atoms with E-state index in [1.54, 1.807) is 11.3 Å². The Balaban J connectivity index is 2.13. The van der Waals surface area contributed by atoms with E-state index in [1.807, 2.05) is 25.3 Å². The van der Waals surface area contributed by atoms with Gasteiger partial charge in [-0.2, -0.15) is 0 Å². The predicted molar refractivity (Wildman–Crippen MR) is 78.2 cm³/mol. The average Bonchev–Trinajstić information content (AvgIpc) is 2.81. The molecule has 0 radical (unpaired) electrons. The molecule has 102 valence electrons. The third kappa shape index (κ3) is 4.11. The molecular formula is C15H19FN2S. The van der Waals surface area contributed by atoms with E-state index in [9.17, 15) is 4.39 Å². The summed E-state index contributed by atoms with van der Waals surface area (Å²) in [6, 6.07) is 6.83. The third-order valence-electron chi connectivity index (χ3n) is 3.10. The summed E-state index contributed by atoms with van der Waals surface area (Å²) in [5, 5.41) is 4.47. The zero-order chi connectivity index (χ0) is 13.7. The highest BCUT2D eigenvalue weighted by molar-refractivity contribution is 7.11. The number of nitrogens with one attached hydrogen (secondary N) is 1. The molecule has 2 aromatic rings. The smallest absolute Gasteiger partial charge is 0.123 e. The Bertz CT molecular complexity index is 507. The second-order valence-corrected chi connectivity index (χ2v) is 5.93. The van der Waals surface area contributed by atoms with Gasteiger partial charge >= 0.3 is 0 Å². The second-order valence-electron chi connectivity index (χ2n) is 4.61. The minimum atomic E-state index is -0.181. The average molecular weight is 278 g/mol. The Hall–Kier alpha value is -1.26. The molecule has 2 nitrogen and oxygen atoms in total. The summed E-state index contributed by atoms with van der Waals surface area (Å²) in [5.74, 6) is 0.181. The largest absolute Gasteiger partial charge is 0.316 e. The number of hydrogen-bond acceptors (Lipinski definition) is 3. The van der Waals surface area contributed by atoms with Crippen molar-refractivity contribution in [2.24, 2.45) is 0 Å². The number of hydrogen-bond donors (Lipinski definition) is 1. The lowest BCUT2D eigenvalue weighted by molar-refractivity contribution is 0.592. The number of thiazole rings is 1. The van der Waals surface area contributed by atoms with E-state index in [4.69, 9.17) is 0 Å². The normalized spacial score (nSPS) is 12.6. The van der Waals surface area contributed by atoms with Crippen molar-refractivity contribution in [3.63, 3.8) is 0 Å². The summed E-state index contributed by atoms with van der Waals surface area (Å²) in [6.45, 7) is 5.96. The number of aryl methyl sites for hydroxylation is 1. The van der Waals surface area contributed by atoms with Gasteiger partial charge in [-0.3, -0.25) is 0 Å². The molecule has 2 rings (SSSR count). The Labute approximate surface area is 117 Å². The standard InChI is InChI=1S/C15H19FN2S/c1-3-17-9-13(8-15-10-18-11(2)19-15)12-4-6-14(16)7-5-12/h4-7,10,13,17H,3,8-9H2,1-2H3. The van der Waals surface area contributed by atoms with Crippen molar-refractivity contribution < 1.29 is 4.39 Å². The van der Waals surface area contributed by atoms with Crippen molar-refractivity contribution >= 4 is 11.3 Å². The van der Waals surface area contributed by atoms with E-state index in [2.05, 4.69) is 17.2 Å². The van der Waals surface area contributed by atoms with E-state index in [-0.39, 0.29) is 5.82 Å². The fourth-order valence-corrected chi connectivity index (χ4v) is 2.98. The van der Waals surface area contributed by atoms with Crippen molar-refractivity contribution in [2.45, 2.75) is 26.2 Å².